The van der Waals surface area contributed by atoms with Gasteiger partial charge < -0.3 is 30.9 Å². The van der Waals surface area contributed by atoms with E-state index in [0.717, 1.165) is 12.1 Å². The average Bonchev–Trinajstić information content (AvgIpc) is 3.28. The lowest BCUT2D eigenvalue weighted by atomic mass is 9.79. The van der Waals surface area contributed by atoms with Crippen LogP contribution >= 0.6 is 11.8 Å². The Labute approximate surface area is 189 Å². The largest absolute Gasteiger partial charge is 0.478 e. The van der Waals surface area contributed by atoms with E-state index < -0.39 is 24.0 Å². The monoisotopic (exact) mass is 461 g/mol. The molecule has 10 heteroatoms. The zero-order chi connectivity index (χ0) is 23.2. The first kappa shape index (κ1) is 22.6. The maximum absolute atomic E-state index is 12.5. The summed E-state index contributed by atoms with van der Waals surface area (Å²) >= 11 is 1.51. The van der Waals surface area contributed by atoms with Crippen LogP contribution in [0.25, 0.3) is 0 Å². The minimum atomic E-state index is -1.11. The number of amides is 1. The molecule has 0 aromatic heterocycles. The molecule has 1 amide bonds. The van der Waals surface area contributed by atoms with Crippen molar-refractivity contribution in [2.45, 2.75) is 43.7 Å². The van der Waals surface area contributed by atoms with Crippen LogP contribution in [0.4, 0.5) is 5.69 Å². The van der Waals surface area contributed by atoms with Crippen LogP contribution in [0.5, 0.6) is 0 Å². The second-order valence-electron chi connectivity index (χ2n) is 8.62. The summed E-state index contributed by atoms with van der Waals surface area (Å²) in [7, 11) is 0. The van der Waals surface area contributed by atoms with Crippen molar-refractivity contribution in [2.75, 3.05) is 18.4 Å². The number of carbonyl (C=O) groups excluding carboxylic acids is 1. The van der Waals surface area contributed by atoms with Crippen molar-refractivity contribution >= 4 is 35.3 Å². The van der Waals surface area contributed by atoms with Crippen molar-refractivity contribution in [3.8, 4) is 0 Å². The van der Waals surface area contributed by atoms with Gasteiger partial charge in [-0.1, -0.05) is 13.0 Å². The fraction of sp³-hybridized carbons (Fsp3) is 0.500. The Morgan fingerprint density at radius 1 is 1.31 bits per heavy atom. The van der Waals surface area contributed by atoms with E-state index >= 15 is 0 Å². The summed E-state index contributed by atoms with van der Waals surface area (Å²) in [5, 5.41) is 35.7. The molecule has 5 N–H and O–H groups in total. The Kier molecular flexibility index (Phi) is 6.19. The van der Waals surface area contributed by atoms with Crippen LogP contribution < -0.4 is 10.6 Å². The SMILES string of the molecule is CC(O)C1C(=O)N2C(C(=O)O)=C(SC3CNC(CNc4cccc(C(=O)O)c4)C3)C(C)C12. The number of benzene rings is 1. The molecule has 1 aromatic carbocycles. The second kappa shape index (κ2) is 8.76. The number of β-lactam (4-membered cyclic amide) rings is 1. The standard InChI is InChI=1S/C22H27N3O6S/c1-10-17-16(11(2)26)20(27)25(17)18(22(30)31)19(10)32-15-7-14(24-9-15)8-23-13-5-3-4-12(6-13)21(28)29/h3-6,10-11,14-17,23-24,26H,7-9H2,1-2H3,(H,28,29)(H,30,31). The first-order valence-electron chi connectivity index (χ1n) is 10.6. The number of carbonyl (C=O) groups is 3. The van der Waals surface area contributed by atoms with Crippen molar-refractivity contribution in [3.63, 3.8) is 0 Å². The molecule has 0 aliphatic carbocycles. The van der Waals surface area contributed by atoms with Crippen LogP contribution in [0.2, 0.25) is 0 Å². The van der Waals surface area contributed by atoms with Gasteiger partial charge in [-0.15, -0.1) is 11.8 Å². The van der Waals surface area contributed by atoms with E-state index in [2.05, 4.69) is 10.6 Å². The zero-order valence-corrected chi connectivity index (χ0v) is 18.6. The molecule has 6 atom stereocenters. The number of carboxylic acid groups (broad SMARTS) is 2. The van der Waals surface area contributed by atoms with E-state index in [1.165, 1.54) is 16.7 Å². The fourth-order valence-electron chi connectivity index (χ4n) is 4.89. The maximum atomic E-state index is 12.5. The molecule has 1 aromatic rings. The Bertz CT molecular complexity index is 980. The molecular weight excluding hydrogens is 434 g/mol. The van der Waals surface area contributed by atoms with Crippen molar-refractivity contribution in [1.82, 2.24) is 10.2 Å². The molecule has 32 heavy (non-hydrogen) atoms. The van der Waals surface area contributed by atoms with Crippen molar-refractivity contribution in [3.05, 3.63) is 40.4 Å². The Morgan fingerprint density at radius 3 is 2.72 bits per heavy atom. The van der Waals surface area contributed by atoms with E-state index in [-0.39, 0.29) is 40.4 Å². The number of hydrogen-bond acceptors (Lipinski definition) is 7. The fourth-order valence-corrected chi connectivity index (χ4v) is 6.41. The van der Waals surface area contributed by atoms with E-state index in [4.69, 9.17) is 5.11 Å². The highest BCUT2D eigenvalue weighted by Crippen LogP contribution is 2.51. The molecule has 6 unspecified atom stereocenters. The molecule has 3 aliphatic heterocycles. The summed E-state index contributed by atoms with van der Waals surface area (Å²) < 4.78 is 0. The number of fused-ring (bicyclic) bond motifs is 1. The van der Waals surface area contributed by atoms with Gasteiger partial charge >= 0.3 is 11.9 Å². The van der Waals surface area contributed by atoms with Crippen LogP contribution in [-0.2, 0) is 9.59 Å². The predicted molar refractivity (Wildman–Crippen MR) is 119 cm³/mol. The maximum Gasteiger partial charge on any atom is 0.353 e. The third-order valence-electron chi connectivity index (χ3n) is 6.45. The number of aliphatic hydroxyl groups excluding tert-OH is 1. The lowest BCUT2D eigenvalue weighted by Crippen LogP contribution is -2.63. The summed E-state index contributed by atoms with van der Waals surface area (Å²) in [5.74, 6) is -3.10. The minimum Gasteiger partial charge on any atom is -0.478 e. The topological polar surface area (TPSA) is 139 Å². The third kappa shape index (κ3) is 3.98. The lowest BCUT2D eigenvalue weighted by Gasteiger charge is -2.46. The number of aliphatic hydroxyl groups is 1. The number of hydrogen-bond donors (Lipinski definition) is 5. The quantitative estimate of drug-likeness (QED) is 0.364. The number of nitrogens with zero attached hydrogens (tertiary/aromatic N) is 1. The molecule has 0 spiro atoms. The highest BCUT2D eigenvalue weighted by atomic mass is 32.2. The molecule has 0 bridgehead atoms. The molecule has 3 heterocycles. The van der Waals surface area contributed by atoms with E-state index in [0.29, 0.717) is 18.0 Å². The molecule has 2 fully saturated rings. The normalized spacial score (nSPS) is 30.2. The zero-order valence-electron chi connectivity index (χ0n) is 17.8. The van der Waals surface area contributed by atoms with Crippen molar-refractivity contribution < 1.29 is 29.7 Å². The molecule has 2 saturated heterocycles. The molecular formula is C22H27N3O6S. The van der Waals surface area contributed by atoms with Gasteiger partial charge in [0.1, 0.15) is 5.70 Å². The smallest absolute Gasteiger partial charge is 0.353 e. The minimum absolute atomic E-state index is 0.0569. The molecule has 9 nitrogen and oxygen atoms in total. The number of aromatic carboxylic acids is 1. The lowest BCUT2D eigenvalue weighted by molar-refractivity contribution is -0.163. The first-order valence-corrected chi connectivity index (χ1v) is 11.5. The van der Waals surface area contributed by atoms with Gasteiger partial charge in [-0.3, -0.25) is 4.79 Å². The number of carboxylic acids is 2. The van der Waals surface area contributed by atoms with E-state index in [1.807, 2.05) is 13.0 Å². The number of rotatable bonds is 8. The predicted octanol–water partition coefficient (Wildman–Crippen LogP) is 1.41. The number of thioether (sulfide) groups is 1. The van der Waals surface area contributed by atoms with Gasteiger partial charge in [0.25, 0.3) is 0 Å². The van der Waals surface area contributed by atoms with Crippen LogP contribution in [0.1, 0.15) is 30.6 Å². The first-order chi connectivity index (χ1) is 15.2. The summed E-state index contributed by atoms with van der Waals surface area (Å²) in [6.45, 7) is 4.81. The van der Waals surface area contributed by atoms with Crippen molar-refractivity contribution in [2.24, 2.45) is 11.8 Å². The van der Waals surface area contributed by atoms with Gasteiger partial charge in [0.2, 0.25) is 5.91 Å². The van der Waals surface area contributed by atoms with Crippen LogP contribution in [-0.4, -0.2) is 74.6 Å². The summed E-state index contributed by atoms with van der Waals surface area (Å²) in [6, 6.07) is 6.49. The molecule has 0 saturated carbocycles. The van der Waals surface area contributed by atoms with Crippen LogP contribution in [0, 0.1) is 11.8 Å². The van der Waals surface area contributed by atoms with E-state index in [1.54, 1.807) is 25.1 Å². The summed E-state index contributed by atoms with van der Waals surface area (Å²) in [4.78, 5) is 37.6. The van der Waals surface area contributed by atoms with Gasteiger partial charge in [-0.05, 0) is 31.5 Å². The highest BCUT2D eigenvalue weighted by Gasteiger charge is 2.60. The summed E-state index contributed by atoms with van der Waals surface area (Å²) in [5.41, 5.74) is 1.01. The van der Waals surface area contributed by atoms with Gasteiger partial charge in [-0.25, -0.2) is 9.59 Å². The van der Waals surface area contributed by atoms with Crippen LogP contribution in [0.15, 0.2) is 34.9 Å². The second-order valence-corrected chi connectivity index (χ2v) is 9.96. The van der Waals surface area contributed by atoms with Gasteiger partial charge in [0.15, 0.2) is 0 Å². The third-order valence-corrected chi connectivity index (χ3v) is 7.96. The molecule has 0 radical (unpaired) electrons. The van der Waals surface area contributed by atoms with E-state index in [9.17, 15) is 24.6 Å². The molecule has 4 rings (SSSR count). The Morgan fingerprint density at radius 2 is 2.06 bits per heavy atom. The highest BCUT2D eigenvalue weighted by molar-refractivity contribution is 8.03. The average molecular weight is 462 g/mol. The van der Waals surface area contributed by atoms with Gasteiger partial charge in [0.05, 0.1) is 23.6 Å². The Balaban J connectivity index is 1.39. The molecule has 172 valence electrons. The number of anilines is 1. The number of nitrogens with one attached hydrogen (secondary N) is 2. The van der Waals surface area contributed by atoms with Gasteiger partial charge in [0, 0.05) is 40.9 Å². The van der Waals surface area contributed by atoms with Gasteiger partial charge in [-0.2, -0.15) is 0 Å². The summed E-state index contributed by atoms with van der Waals surface area (Å²) in [6.07, 6.45) is -0.00785. The number of aliphatic carboxylic acids is 1. The van der Waals surface area contributed by atoms with Crippen molar-refractivity contribution in [1.29, 1.82) is 0 Å². The Hall–Kier alpha value is -2.56. The van der Waals surface area contributed by atoms with Crippen LogP contribution in [0.3, 0.4) is 0 Å². The molecule has 3 aliphatic rings.